The first-order valence-corrected chi connectivity index (χ1v) is 7.74. The first-order valence-electron chi connectivity index (χ1n) is 7.74. The van der Waals surface area contributed by atoms with E-state index in [1.54, 1.807) is 0 Å². The van der Waals surface area contributed by atoms with Gasteiger partial charge in [-0.15, -0.1) is 0 Å². The van der Waals surface area contributed by atoms with E-state index in [1.165, 1.54) is 11.1 Å². The Bertz CT molecular complexity index is 501. The highest BCUT2D eigenvalue weighted by Gasteiger charge is 2.39. The minimum atomic E-state index is -0.0658. The van der Waals surface area contributed by atoms with E-state index in [-0.39, 0.29) is 18.1 Å². The number of hydrogen-bond donors (Lipinski definition) is 1. The Morgan fingerprint density at radius 3 is 2.57 bits per heavy atom. The average Bonchev–Trinajstić information content (AvgIpc) is 2.76. The normalized spacial score (nSPS) is 23.9. The Hall–Kier alpha value is -1.39. The van der Waals surface area contributed by atoms with Crippen LogP contribution in [-0.2, 0) is 4.79 Å². The third kappa shape index (κ3) is 3.27. The molecule has 3 unspecified atom stereocenters. The summed E-state index contributed by atoms with van der Waals surface area (Å²) in [6.07, 6.45) is 0.819. The minimum Gasteiger partial charge on any atom is -0.320 e. The second-order valence-electron chi connectivity index (χ2n) is 6.19. The Morgan fingerprint density at radius 1 is 1.33 bits per heavy atom. The number of benzene rings is 1. The molecule has 0 spiro atoms. The maximum Gasteiger partial charge on any atom is 0.241 e. The fourth-order valence-electron chi connectivity index (χ4n) is 2.77. The molecule has 3 atom stereocenters. The SMILES string of the molecule is CCC1NC(c2ccccc2C)N(CC(C)N(C)C)C1=O. The molecule has 1 aliphatic rings. The van der Waals surface area contributed by atoms with E-state index in [4.69, 9.17) is 0 Å². The monoisotopic (exact) mass is 289 g/mol. The predicted molar refractivity (Wildman–Crippen MR) is 86.0 cm³/mol. The molecule has 1 amide bonds. The van der Waals surface area contributed by atoms with Gasteiger partial charge in [-0.2, -0.15) is 0 Å². The van der Waals surface area contributed by atoms with Crippen molar-refractivity contribution in [3.8, 4) is 0 Å². The van der Waals surface area contributed by atoms with Crippen molar-refractivity contribution in [3.63, 3.8) is 0 Å². The maximum absolute atomic E-state index is 12.6. The summed E-state index contributed by atoms with van der Waals surface area (Å²) in [4.78, 5) is 16.8. The third-order valence-corrected chi connectivity index (χ3v) is 4.49. The molecular formula is C17H27N3O. The molecular weight excluding hydrogens is 262 g/mol. The summed E-state index contributed by atoms with van der Waals surface area (Å²) in [6, 6.07) is 8.57. The molecule has 1 aromatic carbocycles. The number of nitrogens with one attached hydrogen (secondary N) is 1. The van der Waals surface area contributed by atoms with Crippen LogP contribution in [0.2, 0.25) is 0 Å². The molecule has 0 radical (unpaired) electrons. The van der Waals surface area contributed by atoms with E-state index in [1.807, 2.05) is 17.0 Å². The lowest BCUT2D eigenvalue weighted by atomic mass is 10.1. The molecule has 1 aromatic rings. The van der Waals surface area contributed by atoms with Crippen molar-refractivity contribution >= 4 is 5.91 Å². The molecule has 2 rings (SSSR count). The van der Waals surface area contributed by atoms with Crippen LogP contribution in [0.1, 0.15) is 37.6 Å². The fourth-order valence-corrected chi connectivity index (χ4v) is 2.77. The molecule has 1 saturated heterocycles. The molecule has 4 nitrogen and oxygen atoms in total. The maximum atomic E-state index is 12.6. The topological polar surface area (TPSA) is 35.6 Å². The van der Waals surface area contributed by atoms with Crippen molar-refractivity contribution in [1.82, 2.24) is 15.1 Å². The van der Waals surface area contributed by atoms with Crippen LogP contribution in [0.4, 0.5) is 0 Å². The zero-order valence-electron chi connectivity index (χ0n) is 13.8. The van der Waals surface area contributed by atoms with Gasteiger partial charge in [-0.3, -0.25) is 10.1 Å². The number of rotatable bonds is 5. The molecule has 0 bridgehead atoms. The highest BCUT2D eigenvalue weighted by atomic mass is 16.2. The zero-order valence-corrected chi connectivity index (χ0v) is 13.8. The van der Waals surface area contributed by atoms with E-state index in [2.05, 4.69) is 57.2 Å². The van der Waals surface area contributed by atoms with Crippen LogP contribution in [0.25, 0.3) is 0 Å². The van der Waals surface area contributed by atoms with Gasteiger partial charge in [-0.1, -0.05) is 31.2 Å². The van der Waals surface area contributed by atoms with Crippen LogP contribution in [0.15, 0.2) is 24.3 Å². The van der Waals surface area contributed by atoms with Crippen LogP contribution >= 0.6 is 0 Å². The van der Waals surface area contributed by atoms with Crippen LogP contribution in [-0.4, -0.2) is 48.4 Å². The fraction of sp³-hybridized carbons (Fsp3) is 0.588. The highest BCUT2D eigenvalue weighted by molar-refractivity contribution is 5.84. The molecule has 116 valence electrons. The number of amides is 1. The van der Waals surface area contributed by atoms with Gasteiger partial charge in [0.1, 0.15) is 6.17 Å². The Kier molecular flexibility index (Phi) is 5.01. The van der Waals surface area contributed by atoms with E-state index in [0.29, 0.717) is 6.04 Å². The van der Waals surface area contributed by atoms with Gasteiger partial charge in [0.25, 0.3) is 0 Å². The van der Waals surface area contributed by atoms with Gasteiger partial charge >= 0.3 is 0 Å². The number of aryl methyl sites for hydroxylation is 1. The third-order valence-electron chi connectivity index (χ3n) is 4.49. The standard InChI is InChI=1S/C17H27N3O/c1-6-15-17(21)20(11-13(3)19(4)5)16(18-15)14-10-8-7-9-12(14)2/h7-10,13,15-16,18H,6,11H2,1-5H3. The lowest BCUT2D eigenvalue weighted by Crippen LogP contribution is -2.41. The summed E-state index contributed by atoms with van der Waals surface area (Å²) < 4.78 is 0. The molecule has 21 heavy (non-hydrogen) atoms. The van der Waals surface area contributed by atoms with Crippen molar-refractivity contribution in [2.75, 3.05) is 20.6 Å². The van der Waals surface area contributed by atoms with E-state index in [9.17, 15) is 4.79 Å². The molecule has 1 N–H and O–H groups in total. The van der Waals surface area contributed by atoms with Gasteiger partial charge in [-0.05, 0) is 45.5 Å². The van der Waals surface area contributed by atoms with Crippen LogP contribution in [0.3, 0.4) is 0 Å². The number of likely N-dealkylation sites (N-methyl/N-ethyl adjacent to an activating group) is 1. The van der Waals surface area contributed by atoms with Crippen molar-refractivity contribution in [1.29, 1.82) is 0 Å². The molecule has 1 aliphatic heterocycles. The lowest BCUT2D eigenvalue weighted by molar-refractivity contribution is -0.130. The van der Waals surface area contributed by atoms with Gasteiger partial charge in [0, 0.05) is 12.6 Å². The summed E-state index contributed by atoms with van der Waals surface area (Å²) in [5, 5.41) is 3.50. The van der Waals surface area contributed by atoms with Crippen LogP contribution in [0.5, 0.6) is 0 Å². The number of hydrogen-bond acceptors (Lipinski definition) is 3. The smallest absolute Gasteiger partial charge is 0.241 e. The minimum absolute atomic E-state index is 0.00829. The lowest BCUT2D eigenvalue weighted by Gasteiger charge is -2.30. The van der Waals surface area contributed by atoms with Crippen LogP contribution < -0.4 is 5.32 Å². The van der Waals surface area contributed by atoms with Gasteiger partial charge in [0.2, 0.25) is 5.91 Å². The number of carbonyl (C=O) groups is 1. The highest BCUT2D eigenvalue weighted by Crippen LogP contribution is 2.28. The number of nitrogens with zero attached hydrogens (tertiary/aromatic N) is 2. The van der Waals surface area contributed by atoms with E-state index < -0.39 is 0 Å². The second-order valence-corrected chi connectivity index (χ2v) is 6.19. The van der Waals surface area contributed by atoms with Gasteiger partial charge in [-0.25, -0.2) is 0 Å². The Morgan fingerprint density at radius 2 is 2.00 bits per heavy atom. The van der Waals surface area contributed by atoms with Gasteiger partial charge < -0.3 is 9.80 Å². The summed E-state index contributed by atoms with van der Waals surface area (Å²) in [6.45, 7) is 7.06. The van der Waals surface area contributed by atoms with E-state index in [0.717, 1.165) is 13.0 Å². The quantitative estimate of drug-likeness (QED) is 0.902. The molecule has 0 saturated carbocycles. The van der Waals surface area contributed by atoms with Crippen molar-refractivity contribution in [2.45, 2.75) is 45.4 Å². The summed E-state index contributed by atoms with van der Waals surface area (Å²) >= 11 is 0. The summed E-state index contributed by atoms with van der Waals surface area (Å²) in [7, 11) is 4.11. The zero-order chi connectivity index (χ0) is 15.6. The van der Waals surface area contributed by atoms with Gasteiger partial charge in [0.05, 0.1) is 6.04 Å². The van der Waals surface area contributed by atoms with E-state index >= 15 is 0 Å². The summed E-state index contributed by atoms with van der Waals surface area (Å²) in [5.74, 6) is 0.222. The first-order chi connectivity index (χ1) is 9.95. The average molecular weight is 289 g/mol. The Balaban J connectivity index is 2.29. The predicted octanol–water partition coefficient (Wildman–Crippen LogP) is 2.15. The number of carbonyl (C=O) groups excluding carboxylic acids is 1. The molecule has 4 heteroatoms. The van der Waals surface area contributed by atoms with Crippen molar-refractivity contribution in [3.05, 3.63) is 35.4 Å². The molecule has 1 fully saturated rings. The first kappa shape index (κ1) is 16.0. The largest absolute Gasteiger partial charge is 0.320 e. The summed E-state index contributed by atoms with van der Waals surface area (Å²) in [5.41, 5.74) is 2.43. The van der Waals surface area contributed by atoms with Crippen molar-refractivity contribution in [2.24, 2.45) is 0 Å². The Labute approximate surface area is 128 Å². The second kappa shape index (κ2) is 6.58. The molecule has 1 heterocycles. The van der Waals surface area contributed by atoms with Crippen LogP contribution in [0, 0.1) is 6.92 Å². The van der Waals surface area contributed by atoms with Gasteiger partial charge in [0.15, 0.2) is 0 Å². The molecule has 0 aromatic heterocycles. The molecule has 0 aliphatic carbocycles. The van der Waals surface area contributed by atoms with Crippen molar-refractivity contribution < 1.29 is 4.79 Å².